The highest BCUT2D eigenvalue weighted by Crippen LogP contribution is 2.21. The van der Waals surface area contributed by atoms with Crippen LogP contribution in [0.15, 0.2) is 47.4 Å². The molecule has 0 bridgehead atoms. The second kappa shape index (κ2) is 7.92. The van der Waals surface area contributed by atoms with Crippen LogP contribution in [0.25, 0.3) is 0 Å². The summed E-state index contributed by atoms with van der Waals surface area (Å²) in [5.74, 6) is -0.0984. The Labute approximate surface area is 140 Å². The Morgan fingerprint density at radius 1 is 1.22 bits per heavy atom. The van der Waals surface area contributed by atoms with Gasteiger partial charge in [0.05, 0.1) is 0 Å². The first-order valence-corrected chi connectivity index (χ1v) is 8.93. The molecule has 0 unspecified atom stereocenters. The lowest BCUT2D eigenvalue weighted by Gasteiger charge is -2.12. The molecule has 23 heavy (non-hydrogen) atoms. The van der Waals surface area contributed by atoms with Crippen LogP contribution in [0.2, 0.25) is 0 Å². The number of carbonyl (C=O) groups excluding carboxylic acids is 1. The van der Waals surface area contributed by atoms with E-state index >= 15 is 0 Å². The standard InChI is InChI=1S/C18H21N3OS/c22-17(19-12-11-14-7-3-1-4-8-14)16-13-23-18(21-16)20-15-9-5-2-6-10-15/h2,5-7,9-10,13H,1,3-4,8,11-12H2,(H,19,22)(H,20,21). The summed E-state index contributed by atoms with van der Waals surface area (Å²) in [5, 5.41) is 8.69. The van der Waals surface area contributed by atoms with E-state index < -0.39 is 0 Å². The van der Waals surface area contributed by atoms with Crippen molar-refractivity contribution < 1.29 is 4.79 Å². The Balaban J connectivity index is 1.49. The number of thiazole rings is 1. The average Bonchev–Trinajstić information content (AvgIpc) is 3.05. The van der Waals surface area contributed by atoms with Gasteiger partial charge in [-0.25, -0.2) is 4.98 Å². The zero-order valence-corrected chi connectivity index (χ0v) is 13.9. The van der Waals surface area contributed by atoms with Gasteiger partial charge in [0.1, 0.15) is 5.69 Å². The van der Waals surface area contributed by atoms with E-state index in [4.69, 9.17) is 0 Å². The van der Waals surface area contributed by atoms with Crippen LogP contribution in [0.4, 0.5) is 10.8 Å². The molecule has 2 aromatic rings. The quantitative estimate of drug-likeness (QED) is 0.768. The van der Waals surface area contributed by atoms with E-state index in [2.05, 4.69) is 21.7 Å². The third-order valence-corrected chi connectivity index (χ3v) is 4.64. The minimum Gasteiger partial charge on any atom is -0.350 e. The van der Waals surface area contributed by atoms with Gasteiger partial charge < -0.3 is 10.6 Å². The Morgan fingerprint density at radius 3 is 2.87 bits per heavy atom. The predicted molar refractivity (Wildman–Crippen MR) is 95.3 cm³/mol. The molecule has 0 fully saturated rings. The number of amides is 1. The van der Waals surface area contributed by atoms with E-state index in [1.165, 1.54) is 42.6 Å². The minimum absolute atomic E-state index is 0.0984. The molecule has 1 amide bonds. The van der Waals surface area contributed by atoms with Crippen LogP contribution in [0, 0.1) is 0 Å². The number of aromatic nitrogens is 1. The average molecular weight is 327 g/mol. The van der Waals surface area contributed by atoms with Crippen molar-refractivity contribution in [1.82, 2.24) is 10.3 Å². The molecule has 0 saturated heterocycles. The summed E-state index contributed by atoms with van der Waals surface area (Å²) in [6, 6.07) is 9.83. The number of benzene rings is 1. The van der Waals surface area contributed by atoms with Gasteiger partial charge in [0.25, 0.3) is 5.91 Å². The van der Waals surface area contributed by atoms with E-state index in [9.17, 15) is 4.79 Å². The van der Waals surface area contributed by atoms with E-state index in [1.54, 1.807) is 5.38 Å². The molecule has 0 spiro atoms. The third kappa shape index (κ3) is 4.66. The monoisotopic (exact) mass is 327 g/mol. The molecule has 4 nitrogen and oxygen atoms in total. The molecule has 1 aliphatic rings. The van der Waals surface area contributed by atoms with Gasteiger partial charge in [-0.2, -0.15) is 0 Å². The maximum atomic E-state index is 12.1. The molecule has 3 rings (SSSR count). The largest absolute Gasteiger partial charge is 0.350 e. The number of hydrogen-bond acceptors (Lipinski definition) is 4. The van der Waals surface area contributed by atoms with Crippen LogP contribution in [-0.2, 0) is 0 Å². The van der Waals surface area contributed by atoms with Crippen LogP contribution in [0.5, 0.6) is 0 Å². The van der Waals surface area contributed by atoms with Gasteiger partial charge in [-0.3, -0.25) is 4.79 Å². The van der Waals surface area contributed by atoms with Crippen molar-refractivity contribution in [1.29, 1.82) is 0 Å². The fourth-order valence-corrected chi connectivity index (χ4v) is 3.35. The molecule has 5 heteroatoms. The first kappa shape index (κ1) is 15.7. The lowest BCUT2D eigenvalue weighted by atomic mass is 9.97. The molecule has 1 aromatic heterocycles. The summed E-state index contributed by atoms with van der Waals surface area (Å²) < 4.78 is 0. The lowest BCUT2D eigenvalue weighted by Crippen LogP contribution is -2.25. The van der Waals surface area contributed by atoms with Crippen molar-refractivity contribution in [2.75, 3.05) is 11.9 Å². The minimum atomic E-state index is -0.0984. The molecular weight excluding hydrogens is 306 g/mol. The van der Waals surface area contributed by atoms with Crippen molar-refractivity contribution >= 4 is 28.1 Å². The number of rotatable bonds is 6. The molecule has 120 valence electrons. The summed E-state index contributed by atoms with van der Waals surface area (Å²) in [5.41, 5.74) is 2.92. The van der Waals surface area contributed by atoms with Gasteiger partial charge >= 0.3 is 0 Å². The summed E-state index contributed by atoms with van der Waals surface area (Å²) in [7, 11) is 0. The van der Waals surface area contributed by atoms with Crippen LogP contribution in [-0.4, -0.2) is 17.4 Å². The fraction of sp³-hybridized carbons (Fsp3) is 0.333. The summed E-state index contributed by atoms with van der Waals surface area (Å²) >= 11 is 1.44. The number of allylic oxidation sites excluding steroid dienone is 1. The van der Waals surface area contributed by atoms with Gasteiger partial charge in [-0.1, -0.05) is 29.8 Å². The number of nitrogens with one attached hydrogen (secondary N) is 2. The molecule has 0 aliphatic heterocycles. The van der Waals surface area contributed by atoms with Crippen molar-refractivity contribution in [3.05, 3.63) is 53.1 Å². The van der Waals surface area contributed by atoms with Crippen LogP contribution >= 0.6 is 11.3 Å². The van der Waals surface area contributed by atoms with E-state index in [-0.39, 0.29) is 5.91 Å². The zero-order chi connectivity index (χ0) is 15.9. The van der Waals surface area contributed by atoms with Crippen molar-refractivity contribution in [2.45, 2.75) is 32.1 Å². The number of anilines is 2. The van der Waals surface area contributed by atoms with Gasteiger partial charge in [0.15, 0.2) is 5.13 Å². The molecule has 0 atom stereocenters. The predicted octanol–water partition coefficient (Wildman–Crippen LogP) is 4.51. The van der Waals surface area contributed by atoms with Gasteiger partial charge in [0.2, 0.25) is 0 Å². The van der Waals surface area contributed by atoms with Crippen LogP contribution in [0.1, 0.15) is 42.6 Å². The molecule has 0 radical (unpaired) electrons. The third-order valence-electron chi connectivity index (χ3n) is 3.88. The van der Waals surface area contributed by atoms with Gasteiger partial charge in [-0.05, 0) is 44.2 Å². The second-order valence-electron chi connectivity index (χ2n) is 5.64. The summed E-state index contributed by atoms with van der Waals surface area (Å²) in [6.07, 6.45) is 8.21. The Hall–Kier alpha value is -2.14. The first-order chi connectivity index (χ1) is 11.3. The normalized spacial score (nSPS) is 14.2. The molecule has 1 heterocycles. The first-order valence-electron chi connectivity index (χ1n) is 8.05. The molecule has 1 aliphatic carbocycles. The van der Waals surface area contributed by atoms with Crippen LogP contribution in [0.3, 0.4) is 0 Å². The highest BCUT2D eigenvalue weighted by Gasteiger charge is 2.11. The summed E-state index contributed by atoms with van der Waals surface area (Å²) in [4.78, 5) is 16.5. The number of hydrogen-bond donors (Lipinski definition) is 2. The summed E-state index contributed by atoms with van der Waals surface area (Å²) in [6.45, 7) is 0.684. The fourth-order valence-electron chi connectivity index (χ4n) is 2.64. The number of nitrogens with zero attached hydrogens (tertiary/aromatic N) is 1. The van der Waals surface area contributed by atoms with E-state index in [1.807, 2.05) is 30.3 Å². The van der Waals surface area contributed by atoms with E-state index in [0.717, 1.165) is 17.2 Å². The molecular formula is C18H21N3OS. The SMILES string of the molecule is O=C(NCCC1=CCCCC1)c1csc(Nc2ccccc2)n1. The topological polar surface area (TPSA) is 54.0 Å². The number of para-hydroxylation sites is 1. The molecule has 1 aromatic carbocycles. The lowest BCUT2D eigenvalue weighted by molar-refractivity contribution is 0.0950. The number of carbonyl (C=O) groups is 1. The highest BCUT2D eigenvalue weighted by atomic mass is 32.1. The maximum absolute atomic E-state index is 12.1. The smallest absolute Gasteiger partial charge is 0.270 e. The van der Waals surface area contributed by atoms with Crippen molar-refractivity contribution in [3.63, 3.8) is 0 Å². The maximum Gasteiger partial charge on any atom is 0.270 e. The van der Waals surface area contributed by atoms with Gasteiger partial charge in [-0.15, -0.1) is 11.3 Å². The Kier molecular flexibility index (Phi) is 5.42. The Morgan fingerprint density at radius 2 is 2.09 bits per heavy atom. The van der Waals surface area contributed by atoms with E-state index in [0.29, 0.717) is 12.2 Å². The Bertz CT molecular complexity index is 679. The van der Waals surface area contributed by atoms with Crippen molar-refractivity contribution in [3.8, 4) is 0 Å². The molecule has 0 saturated carbocycles. The zero-order valence-electron chi connectivity index (χ0n) is 13.0. The highest BCUT2D eigenvalue weighted by molar-refractivity contribution is 7.14. The second-order valence-corrected chi connectivity index (χ2v) is 6.50. The van der Waals surface area contributed by atoms with Gasteiger partial charge in [0, 0.05) is 17.6 Å². The molecule has 2 N–H and O–H groups in total. The van der Waals surface area contributed by atoms with Crippen LogP contribution < -0.4 is 10.6 Å². The van der Waals surface area contributed by atoms with Crippen molar-refractivity contribution in [2.24, 2.45) is 0 Å².